The predicted octanol–water partition coefficient (Wildman–Crippen LogP) is 5.11. The third kappa shape index (κ3) is 3.22. The van der Waals surface area contributed by atoms with E-state index in [-0.39, 0.29) is 22.7 Å². The number of rotatable bonds is 4. The number of hydrogen-bond acceptors (Lipinski definition) is 3. The number of hydrogen-bond donors (Lipinski definition) is 0. The van der Waals surface area contributed by atoms with Crippen LogP contribution in [0.1, 0.15) is 17.0 Å². The number of benzene rings is 1. The van der Waals surface area contributed by atoms with E-state index in [1.807, 2.05) is 24.5 Å². The van der Waals surface area contributed by atoms with Crippen LogP contribution in [0, 0.1) is 19.7 Å². The van der Waals surface area contributed by atoms with Crippen molar-refractivity contribution in [3.05, 3.63) is 69.6 Å². The molecule has 1 fully saturated rings. The smallest absolute Gasteiger partial charge is 0.293 e. The summed E-state index contributed by atoms with van der Waals surface area (Å²) in [5, 5.41) is -0.262. The molecule has 1 aromatic heterocycles. The summed E-state index contributed by atoms with van der Waals surface area (Å²) in [5.74, 6) is -0.802. The zero-order valence-corrected chi connectivity index (χ0v) is 15.8. The van der Waals surface area contributed by atoms with Crippen molar-refractivity contribution in [1.29, 1.82) is 0 Å². The van der Waals surface area contributed by atoms with Crippen LogP contribution in [0.3, 0.4) is 0 Å². The average molecular weight is 391 g/mol. The van der Waals surface area contributed by atoms with E-state index in [1.54, 1.807) is 18.2 Å². The molecule has 1 aliphatic heterocycles. The first-order chi connectivity index (χ1) is 12.3. The number of aryl methyl sites for hydroxylation is 1. The molecule has 0 saturated carbocycles. The van der Waals surface area contributed by atoms with Crippen molar-refractivity contribution in [2.75, 3.05) is 6.54 Å². The number of halogens is 2. The molecule has 1 aliphatic rings. The Morgan fingerprint density at radius 2 is 2.00 bits per heavy atom. The Morgan fingerprint density at radius 1 is 1.27 bits per heavy atom. The van der Waals surface area contributed by atoms with Crippen LogP contribution in [0.5, 0.6) is 0 Å². The highest BCUT2D eigenvalue weighted by atomic mass is 35.5. The molecular weight excluding hydrogens is 375 g/mol. The topological polar surface area (TPSA) is 42.3 Å². The molecule has 26 heavy (non-hydrogen) atoms. The predicted molar refractivity (Wildman–Crippen MR) is 103 cm³/mol. The average Bonchev–Trinajstić information content (AvgIpc) is 3.01. The first kappa shape index (κ1) is 18.5. The number of carbonyl (C=O) groups excluding carboxylic acids is 2. The summed E-state index contributed by atoms with van der Waals surface area (Å²) in [6.45, 7) is 7.55. The van der Waals surface area contributed by atoms with Gasteiger partial charge in [0.15, 0.2) is 0 Å². The molecular formula is C19H16ClFN2O2S. The number of carbonyl (C=O) groups is 2. The van der Waals surface area contributed by atoms with Crippen LogP contribution in [0.4, 0.5) is 9.18 Å². The fourth-order valence-electron chi connectivity index (χ4n) is 2.88. The van der Waals surface area contributed by atoms with Gasteiger partial charge >= 0.3 is 0 Å². The second-order valence-electron chi connectivity index (χ2n) is 5.84. The maximum Gasteiger partial charge on any atom is 0.293 e. The Bertz CT molecular complexity index is 965. The highest BCUT2D eigenvalue weighted by molar-refractivity contribution is 8.18. The minimum atomic E-state index is -0.478. The van der Waals surface area contributed by atoms with Gasteiger partial charge in [0.2, 0.25) is 0 Å². The fraction of sp³-hybridized carbons (Fsp3) is 0.158. The second kappa shape index (κ2) is 7.13. The largest absolute Gasteiger partial charge is 0.318 e. The third-order valence-corrected chi connectivity index (χ3v) is 5.30. The van der Waals surface area contributed by atoms with E-state index < -0.39 is 5.82 Å². The van der Waals surface area contributed by atoms with Crippen molar-refractivity contribution in [1.82, 2.24) is 9.47 Å². The van der Waals surface area contributed by atoms with Crippen LogP contribution in [-0.4, -0.2) is 27.2 Å². The van der Waals surface area contributed by atoms with Gasteiger partial charge in [-0.1, -0.05) is 17.7 Å². The fourth-order valence-corrected chi connectivity index (χ4v) is 3.90. The van der Waals surface area contributed by atoms with Crippen LogP contribution >= 0.6 is 23.4 Å². The second-order valence-corrected chi connectivity index (χ2v) is 7.24. The molecule has 3 rings (SSSR count). The van der Waals surface area contributed by atoms with Gasteiger partial charge in [0.1, 0.15) is 5.82 Å². The molecule has 1 saturated heterocycles. The molecule has 1 aromatic carbocycles. The molecule has 134 valence electrons. The number of thioether (sulfide) groups is 1. The van der Waals surface area contributed by atoms with Gasteiger partial charge in [-0.05, 0) is 61.5 Å². The van der Waals surface area contributed by atoms with Crippen LogP contribution in [-0.2, 0) is 4.79 Å². The molecule has 0 atom stereocenters. The number of aromatic nitrogens is 1. The maximum atomic E-state index is 13.4. The molecule has 0 N–H and O–H groups in total. The number of nitrogens with zero attached hydrogens (tertiary/aromatic N) is 2. The van der Waals surface area contributed by atoms with E-state index in [4.69, 9.17) is 11.6 Å². The van der Waals surface area contributed by atoms with Crippen molar-refractivity contribution < 1.29 is 14.0 Å². The van der Waals surface area contributed by atoms with Gasteiger partial charge in [-0.3, -0.25) is 14.5 Å². The van der Waals surface area contributed by atoms with Crippen molar-refractivity contribution >= 4 is 40.6 Å². The van der Waals surface area contributed by atoms with E-state index in [0.29, 0.717) is 4.91 Å². The van der Waals surface area contributed by atoms with E-state index in [0.717, 1.165) is 39.3 Å². The lowest BCUT2D eigenvalue weighted by Crippen LogP contribution is -2.27. The van der Waals surface area contributed by atoms with Crippen LogP contribution < -0.4 is 0 Å². The van der Waals surface area contributed by atoms with E-state index in [1.165, 1.54) is 12.1 Å². The molecule has 0 bridgehead atoms. The Kier molecular flexibility index (Phi) is 5.07. The molecule has 2 aromatic rings. The molecule has 2 heterocycles. The summed E-state index contributed by atoms with van der Waals surface area (Å²) in [7, 11) is 0. The maximum absolute atomic E-state index is 13.4. The van der Waals surface area contributed by atoms with Crippen molar-refractivity contribution in [2.45, 2.75) is 13.8 Å². The monoisotopic (exact) mass is 390 g/mol. The summed E-state index contributed by atoms with van der Waals surface area (Å²) >= 11 is 6.81. The molecule has 0 unspecified atom stereocenters. The highest BCUT2D eigenvalue weighted by Gasteiger charge is 2.34. The van der Waals surface area contributed by atoms with Gasteiger partial charge in [-0.15, -0.1) is 6.58 Å². The molecule has 4 nitrogen and oxygen atoms in total. The molecule has 0 radical (unpaired) electrons. The summed E-state index contributed by atoms with van der Waals surface area (Å²) in [6, 6.07) is 6.42. The van der Waals surface area contributed by atoms with E-state index >= 15 is 0 Å². The van der Waals surface area contributed by atoms with Crippen molar-refractivity contribution in [2.24, 2.45) is 0 Å². The molecule has 2 amide bonds. The summed E-state index contributed by atoms with van der Waals surface area (Å²) in [6.07, 6.45) is 3.22. The SMILES string of the molecule is C=CCN1C(=O)S/C(=C/c2cc(C)n(-c3ccc(F)c(Cl)c3)c2C)C1=O. The van der Waals surface area contributed by atoms with Gasteiger partial charge in [0.25, 0.3) is 11.1 Å². The molecule has 7 heteroatoms. The summed E-state index contributed by atoms with van der Waals surface area (Å²) < 4.78 is 15.4. The lowest BCUT2D eigenvalue weighted by atomic mass is 10.2. The Hall–Kier alpha value is -2.31. The summed E-state index contributed by atoms with van der Waals surface area (Å²) in [4.78, 5) is 25.8. The van der Waals surface area contributed by atoms with Crippen LogP contribution in [0.2, 0.25) is 5.02 Å². The Labute approximate surface area is 159 Å². The Balaban J connectivity index is 2.01. The molecule has 0 spiro atoms. The van der Waals surface area contributed by atoms with Gasteiger partial charge in [0, 0.05) is 23.6 Å². The van der Waals surface area contributed by atoms with E-state index in [2.05, 4.69) is 6.58 Å². The van der Waals surface area contributed by atoms with E-state index in [9.17, 15) is 14.0 Å². The first-order valence-electron chi connectivity index (χ1n) is 7.84. The number of amides is 2. The van der Waals surface area contributed by atoms with Crippen LogP contribution in [0.25, 0.3) is 11.8 Å². The minimum Gasteiger partial charge on any atom is -0.318 e. The normalized spacial score (nSPS) is 16.0. The van der Waals surface area contributed by atoms with Gasteiger partial charge in [-0.25, -0.2) is 4.39 Å². The highest BCUT2D eigenvalue weighted by Crippen LogP contribution is 2.34. The van der Waals surface area contributed by atoms with Crippen molar-refractivity contribution in [3.8, 4) is 5.69 Å². The lowest BCUT2D eigenvalue weighted by molar-refractivity contribution is -0.122. The lowest BCUT2D eigenvalue weighted by Gasteiger charge is -2.10. The minimum absolute atomic E-state index is 0.0436. The zero-order valence-electron chi connectivity index (χ0n) is 14.3. The van der Waals surface area contributed by atoms with Crippen LogP contribution in [0.15, 0.2) is 41.8 Å². The van der Waals surface area contributed by atoms with Gasteiger partial charge in [0.05, 0.1) is 9.93 Å². The molecule has 0 aliphatic carbocycles. The zero-order chi connectivity index (χ0) is 19.0. The van der Waals surface area contributed by atoms with Crippen molar-refractivity contribution in [3.63, 3.8) is 0 Å². The van der Waals surface area contributed by atoms with Gasteiger partial charge in [-0.2, -0.15) is 0 Å². The quantitative estimate of drug-likeness (QED) is 0.538. The third-order valence-electron chi connectivity index (χ3n) is 4.10. The standard InChI is InChI=1S/C19H16ClFN2O2S/c1-4-7-22-18(24)17(26-19(22)25)9-13-8-11(2)23(12(13)3)14-5-6-16(21)15(20)10-14/h4-6,8-10H,1,7H2,2-3H3/b17-9+. The van der Waals surface area contributed by atoms with Gasteiger partial charge < -0.3 is 4.57 Å². The Morgan fingerprint density at radius 3 is 2.65 bits per heavy atom. The number of imide groups is 1. The first-order valence-corrected chi connectivity index (χ1v) is 9.03. The summed E-state index contributed by atoms with van der Waals surface area (Å²) in [5.41, 5.74) is 3.31.